The van der Waals surface area contributed by atoms with Gasteiger partial charge in [-0.25, -0.2) is 9.37 Å². The van der Waals surface area contributed by atoms with Crippen molar-refractivity contribution in [2.45, 2.75) is 13.0 Å². The summed E-state index contributed by atoms with van der Waals surface area (Å²) in [5, 5.41) is 6.50. The molecule has 8 heteroatoms. The number of amides is 2. The molecule has 0 unspecified atom stereocenters. The molecule has 0 spiro atoms. The van der Waals surface area contributed by atoms with Crippen LogP contribution in [0.5, 0.6) is 11.6 Å². The van der Waals surface area contributed by atoms with Crippen LogP contribution in [0.1, 0.15) is 21.7 Å². The summed E-state index contributed by atoms with van der Waals surface area (Å²) in [7, 11) is 0. The molecule has 37 heavy (non-hydrogen) atoms. The molecule has 2 heterocycles. The lowest BCUT2D eigenvalue weighted by molar-refractivity contribution is -0.120. The zero-order valence-electron chi connectivity index (χ0n) is 19.6. The van der Waals surface area contributed by atoms with Gasteiger partial charge in [-0.2, -0.15) is 0 Å². The van der Waals surface area contributed by atoms with Gasteiger partial charge in [0, 0.05) is 35.4 Å². The highest BCUT2D eigenvalue weighted by atomic mass is 19.1. The smallest absolute Gasteiger partial charge is 0.291 e. The van der Waals surface area contributed by atoms with Gasteiger partial charge in [-0.3, -0.25) is 9.59 Å². The molecule has 7 nitrogen and oxygen atoms in total. The first-order chi connectivity index (χ1) is 18.0. The topological polar surface area (TPSA) is 93.5 Å². The molecule has 0 fully saturated rings. The maximum absolute atomic E-state index is 13.5. The molecule has 3 aromatic carbocycles. The van der Waals surface area contributed by atoms with Crippen LogP contribution in [0.3, 0.4) is 0 Å². The fraction of sp³-hybridized carbons (Fsp3) is 0.0690. The number of rotatable bonds is 8. The van der Waals surface area contributed by atoms with Crippen LogP contribution in [0.4, 0.5) is 10.1 Å². The van der Waals surface area contributed by atoms with E-state index in [4.69, 9.17) is 9.15 Å². The standard InChI is InChI=1S/C29H22FN3O4/c30-22-7-3-8-24(17-22)36-29-21(6-4-14-31-29)18-32-27(34)15-19-10-12-23(13-11-19)33-28(35)26-16-20-5-1-2-9-25(20)37-26/h1-14,16-17H,15,18H2,(H,32,34)(H,33,35). The first kappa shape index (κ1) is 23.7. The third-order valence-corrected chi connectivity index (χ3v) is 5.56. The Morgan fingerprint density at radius 3 is 2.57 bits per heavy atom. The van der Waals surface area contributed by atoms with Crippen molar-refractivity contribution in [1.82, 2.24) is 10.3 Å². The fourth-order valence-corrected chi connectivity index (χ4v) is 3.73. The van der Waals surface area contributed by atoms with Crippen molar-refractivity contribution in [3.63, 3.8) is 0 Å². The Kier molecular flexibility index (Phi) is 6.89. The van der Waals surface area contributed by atoms with Crippen LogP contribution in [-0.2, 0) is 17.8 Å². The molecule has 2 aromatic heterocycles. The van der Waals surface area contributed by atoms with Gasteiger partial charge in [0.1, 0.15) is 17.1 Å². The number of hydrogen-bond acceptors (Lipinski definition) is 5. The van der Waals surface area contributed by atoms with E-state index in [0.717, 1.165) is 10.9 Å². The Hall–Kier alpha value is -4.98. The summed E-state index contributed by atoms with van der Waals surface area (Å²) in [4.78, 5) is 29.2. The van der Waals surface area contributed by atoms with E-state index in [1.54, 1.807) is 66.9 Å². The molecule has 0 radical (unpaired) electrons. The van der Waals surface area contributed by atoms with Crippen molar-refractivity contribution < 1.29 is 23.1 Å². The maximum Gasteiger partial charge on any atom is 0.291 e. The maximum atomic E-state index is 13.5. The molecule has 0 saturated heterocycles. The van der Waals surface area contributed by atoms with Gasteiger partial charge in [0.05, 0.1) is 6.42 Å². The second kappa shape index (κ2) is 10.7. The minimum absolute atomic E-state index is 0.151. The second-order valence-corrected chi connectivity index (χ2v) is 8.28. The van der Waals surface area contributed by atoms with Crippen molar-refractivity contribution in [3.05, 3.63) is 120 Å². The summed E-state index contributed by atoms with van der Waals surface area (Å²) in [6, 6.07) is 25.4. The van der Waals surface area contributed by atoms with Gasteiger partial charge in [-0.15, -0.1) is 0 Å². The number of carbonyl (C=O) groups excluding carboxylic acids is 2. The number of hydrogen-bond donors (Lipinski definition) is 2. The summed E-state index contributed by atoms with van der Waals surface area (Å²) in [6.07, 6.45) is 1.71. The molecule has 0 atom stereocenters. The fourth-order valence-electron chi connectivity index (χ4n) is 3.73. The number of fused-ring (bicyclic) bond motifs is 1. The molecule has 0 aliphatic heterocycles. The normalized spacial score (nSPS) is 10.7. The Morgan fingerprint density at radius 2 is 1.76 bits per heavy atom. The van der Waals surface area contributed by atoms with Gasteiger partial charge in [0.2, 0.25) is 11.8 Å². The van der Waals surface area contributed by atoms with Crippen LogP contribution in [0, 0.1) is 5.82 Å². The SMILES string of the molecule is O=C(Cc1ccc(NC(=O)c2cc3ccccc3o2)cc1)NCc1cccnc1Oc1cccc(F)c1. The van der Waals surface area contributed by atoms with E-state index in [9.17, 15) is 14.0 Å². The van der Waals surface area contributed by atoms with Gasteiger partial charge >= 0.3 is 0 Å². The molecule has 0 aliphatic rings. The van der Waals surface area contributed by atoms with Crippen LogP contribution < -0.4 is 15.4 Å². The van der Waals surface area contributed by atoms with Gasteiger partial charge < -0.3 is 19.8 Å². The molecule has 184 valence electrons. The number of ether oxygens (including phenoxy) is 1. The molecule has 5 rings (SSSR count). The van der Waals surface area contributed by atoms with E-state index in [2.05, 4.69) is 15.6 Å². The van der Waals surface area contributed by atoms with Crippen LogP contribution in [0.25, 0.3) is 11.0 Å². The molecule has 2 amide bonds. The summed E-state index contributed by atoms with van der Waals surface area (Å²) < 4.78 is 24.7. The highest BCUT2D eigenvalue weighted by molar-refractivity contribution is 6.04. The van der Waals surface area contributed by atoms with Gasteiger partial charge in [0.15, 0.2) is 5.76 Å². The average molecular weight is 496 g/mol. The van der Waals surface area contributed by atoms with Crippen molar-refractivity contribution in [3.8, 4) is 11.6 Å². The summed E-state index contributed by atoms with van der Waals surface area (Å²) in [5.74, 6) is -0.130. The van der Waals surface area contributed by atoms with E-state index in [1.807, 2.05) is 18.2 Å². The van der Waals surface area contributed by atoms with E-state index < -0.39 is 5.82 Å². The molecule has 2 N–H and O–H groups in total. The van der Waals surface area contributed by atoms with E-state index in [1.165, 1.54) is 12.1 Å². The number of benzene rings is 3. The lowest BCUT2D eigenvalue weighted by Crippen LogP contribution is -2.24. The third kappa shape index (κ3) is 5.99. The van der Waals surface area contributed by atoms with E-state index >= 15 is 0 Å². The minimum atomic E-state index is -0.414. The van der Waals surface area contributed by atoms with Gasteiger partial charge in [-0.1, -0.05) is 42.5 Å². The van der Waals surface area contributed by atoms with Gasteiger partial charge in [-0.05, 0) is 48.0 Å². The number of nitrogens with one attached hydrogen (secondary N) is 2. The second-order valence-electron chi connectivity index (χ2n) is 8.28. The average Bonchev–Trinajstić information content (AvgIpc) is 3.34. The molecular formula is C29H22FN3O4. The zero-order valence-corrected chi connectivity index (χ0v) is 19.6. The number of nitrogens with zero attached hydrogens (tertiary/aromatic N) is 1. The van der Waals surface area contributed by atoms with E-state index in [-0.39, 0.29) is 36.4 Å². The largest absolute Gasteiger partial charge is 0.451 e. The highest BCUT2D eigenvalue weighted by Gasteiger charge is 2.13. The lowest BCUT2D eigenvalue weighted by atomic mass is 10.1. The van der Waals surface area contributed by atoms with Crippen molar-refractivity contribution in [2.24, 2.45) is 0 Å². The molecule has 0 bridgehead atoms. The number of para-hydroxylation sites is 1. The predicted octanol–water partition coefficient (Wildman–Crippen LogP) is 5.87. The van der Waals surface area contributed by atoms with Crippen LogP contribution in [0.2, 0.25) is 0 Å². The number of pyridine rings is 1. The first-order valence-electron chi connectivity index (χ1n) is 11.6. The van der Waals surface area contributed by atoms with Crippen LogP contribution in [-0.4, -0.2) is 16.8 Å². The summed E-state index contributed by atoms with van der Waals surface area (Å²) in [6.45, 7) is 0.197. The number of halogens is 1. The number of furan rings is 1. The zero-order chi connectivity index (χ0) is 25.6. The first-order valence-corrected chi connectivity index (χ1v) is 11.6. The quantitative estimate of drug-likeness (QED) is 0.281. The highest BCUT2D eigenvalue weighted by Crippen LogP contribution is 2.24. The molecule has 0 saturated carbocycles. The van der Waals surface area contributed by atoms with Crippen molar-refractivity contribution >= 4 is 28.5 Å². The monoisotopic (exact) mass is 495 g/mol. The Bertz CT molecular complexity index is 1530. The summed E-state index contributed by atoms with van der Waals surface area (Å²) >= 11 is 0. The molecule has 5 aromatic rings. The third-order valence-electron chi connectivity index (χ3n) is 5.56. The lowest BCUT2D eigenvalue weighted by Gasteiger charge is -2.11. The summed E-state index contributed by atoms with van der Waals surface area (Å²) in [5.41, 5.74) is 2.67. The minimum Gasteiger partial charge on any atom is -0.451 e. The van der Waals surface area contributed by atoms with Crippen molar-refractivity contribution in [1.29, 1.82) is 0 Å². The number of carbonyl (C=O) groups is 2. The van der Waals surface area contributed by atoms with Gasteiger partial charge in [0.25, 0.3) is 5.91 Å². The predicted molar refractivity (Wildman–Crippen MR) is 137 cm³/mol. The Balaban J connectivity index is 1.15. The van der Waals surface area contributed by atoms with Crippen LogP contribution >= 0.6 is 0 Å². The van der Waals surface area contributed by atoms with Crippen LogP contribution in [0.15, 0.2) is 102 Å². The Labute approximate surface area is 211 Å². The Morgan fingerprint density at radius 1 is 0.919 bits per heavy atom. The van der Waals surface area contributed by atoms with Crippen molar-refractivity contribution in [2.75, 3.05) is 5.32 Å². The number of aromatic nitrogens is 1. The van der Waals surface area contributed by atoms with E-state index in [0.29, 0.717) is 22.6 Å². The molecular weight excluding hydrogens is 473 g/mol. The molecule has 0 aliphatic carbocycles. The number of anilines is 1.